The number of nitrogens with one attached hydrogen (secondary N) is 1. The summed E-state index contributed by atoms with van der Waals surface area (Å²) in [6.45, 7) is 2.23. The van der Waals surface area contributed by atoms with Gasteiger partial charge in [-0.2, -0.15) is 0 Å². The van der Waals surface area contributed by atoms with Crippen LogP contribution in [0.2, 0.25) is 0 Å². The van der Waals surface area contributed by atoms with Crippen molar-refractivity contribution in [3.05, 3.63) is 59.3 Å². The third-order valence-electron chi connectivity index (χ3n) is 3.03. The average Bonchev–Trinajstić information content (AvgIpc) is 2.99. The Morgan fingerprint density at radius 3 is 2.90 bits per heavy atom. The number of amidine groups is 1. The number of hydrogen-bond acceptors (Lipinski definition) is 4. The van der Waals surface area contributed by atoms with Crippen molar-refractivity contribution in [2.24, 2.45) is 10.9 Å². The van der Waals surface area contributed by atoms with Crippen molar-refractivity contribution < 1.29 is 14.0 Å². The summed E-state index contributed by atoms with van der Waals surface area (Å²) >= 11 is 0. The quantitative estimate of drug-likeness (QED) is 0.339. The molecule has 0 unspecified atom stereocenters. The highest BCUT2D eigenvalue weighted by Gasteiger charge is 2.13. The van der Waals surface area contributed by atoms with Gasteiger partial charge < -0.3 is 20.7 Å². The van der Waals surface area contributed by atoms with Crippen molar-refractivity contribution in [2.75, 3.05) is 0 Å². The lowest BCUT2D eigenvalue weighted by molar-refractivity contribution is 0.318. The van der Waals surface area contributed by atoms with Gasteiger partial charge in [-0.05, 0) is 25.1 Å². The molecule has 0 radical (unpaired) electrons. The molecule has 20 heavy (non-hydrogen) atoms. The summed E-state index contributed by atoms with van der Waals surface area (Å²) in [7, 11) is 0. The maximum atomic E-state index is 14.2. The Morgan fingerprint density at radius 1 is 1.45 bits per heavy atom. The standard InChI is InChI=1S/C14H16FN3O2/c1-9(12-6-3-7-20-12)17-8-10-4-2-5-11(13(10)15)14(16)18-19/h2-7,9,17,19H,8H2,1H3,(H2,16,18)/t9-/m1/s1. The molecule has 0 saturated carbocycles. The van der Waals surface area contributed by atoms with Gasteiger partial charge in [-0.25, -0.2) is 4.39 Å². The summed E-state index contributed by atoms with van der Waals surface area (Å²) in [5.41, 5.74) is 5.94. The van der Waals surface area contributed by atoms with E-state index in [-0.39, 0.29) is 17.4 Å². The van der Waals surface area contributed by atoms with E-state index in [1.54, 1.807) is 24.5 Å². The zero-order valence-electron chi connectivity index (χ0n) is 11.0. The van der Waals surface area contributed by atoms with Gasteiger partial charge >= 0.3 is 0 Å². The Kier molecular flexibility index (Phi) is 4.37. The zero-order chi connectivity index (χ0) is 14.5. The van der Waals surface area contributed by atoms with Crippen LogP contribution in [-0.2, 0) is 6.54 Å². The summed E-state index contributed by atoms with van der Waals surface area (Å²) < 4.78 is 19.4. The van der Waals surface area contributed by atoms with Crippen LogP contribution in [0.15, 0.2) is 46.2 Å². The first kappa shape index (κ1) is 14.1. The van der Waals surface area contributed by atoms with Crippen LogP contribution >= 0.6 is 0 Å². The topological polar surface area (TPSA) is 83.8 Å². The molecular weight excluding hydrogens is 261 g/mol. The van der Waals surface area contributed by atoms with Crippen LogP contribution in [-0.4, -0.2) is 11.0 Å². The highest BCUT2D eigenvalue weighted by atomic mass is 19.1. The molecule has 4 N–H and O–H groups in total. The van der Waals surface area contributed by atoms with Gasteiger partial charge in [-0.15, -0.1) is 0 Å². The fraction of sp³-hybridized carbons (Fsp3) is 0.214. The molecule has 5 nitrogen and oxygen atoms in total. The minimum absolute atomic E-state index is 0.0445. The molecule has 0 amide bonds. The predicted molar refractivity (Wildman–Crippen MR) is 72.9 cm³/mol. The number of hydrogen-bond donors (Lipinski definition) is 3. The molecular formula is C14H16FN3O2. The lowest BCUT2D eigenvalue weighted by Gasteiger charge is -2.13. The second-order valence-corrected chi connectivity index (χ2v) is 4.38. The van der Waals surface area contributed by atoms with Crippen molar-refractivity contribution in [3.8, 4) is 0 Å². The number of benzene rings is 1. The first-order valence-electron chi connectivity index (χ1n) is 6.15. The summed E-state index contributed by atoms with van der Waals surface area (Å²) in [5, 5.41) is 14.6. The molecule has 0 bridgehead atoms. The minimum Gasteiger partial charge on any atom is -0.468 e. The predicted octanol–water partition coefficient (Wildman–Crippen LogP) is 2.36. The highest BCUT2D eigenvalue weighted by molar-refractivity contribution is 5.97. The first-order valence-corrected chi connectivity index (χ1v) is 6.15. The summed E-state index contributed by atoms with van der Waals surface area (Å²) in [4.78, 5) is 0. The third-order valence-corrected chi connectivity index (χ3v) is 3.03. The Hall–Kier alpha value is -2.34. The molecule has 1 atom stereocenters. The maximum absolute atomic E-state index is 14.2. The molecule has 1 heterocycles. The average molecular weight is 277 g/mol. The van der Waals surface area contributed by atoms with E-state index in [2.05, 4.69) is 10.5 Å². The van der Waals surface area contributed by atoms with Gasteiger partial charge in [-0.3, -0.25) is 0 Å². The second kappa shape index (κ2) is 6.21. The number of oxime groups is 1. The Labute approximate surface area is 115 Å². The van der Waals surface area contributed by atoms with Crippen LogP contribution in [0.4, 0.5) is 4.39 Å². The number of rotatable bonds is 5. The lowest BCUT2D eigenvalue weighted by Crippen LogP contribution is -2.20. The van der Waals surface area contributed by atoms with Crippen molar-refractivity contribution in [3.63, 3.8) is 0 Å². The fourth-order valence-electron chi connectivity index (χ4n) is 1.87. The van der Waals surface area contributed by atoms with Gasteiger partial charge in [0.15, 0.2) is 5.84 Å². The van der Waals surface area contributed by atoms with Crippen LogP contribution in [0.25, 0.3) is 0 Å². The molecule has 0 saturated heterocycles. The van der Waals surface area contributed by atoms with Crippen molar-refractivity contribution in [1.29, 1.82) is 0 Å². The largest absolute Gasteiger partial charge is 0.468 e. The van der Waals surface area contributed by atoms with Crippen LogP contribution in [0.3, 0.4) is 0 Å². The molecule has 0 fully saturated rings. The lowest BCUT2D eigenvalue weighted by atomic mass is 10.1. The zero-order valence-corrected chi connectivity index (χ0v) is 11.0. The van der Waals surface area contributed by atoms with Crippen LogP contribution in [0, 0.1) is 5.82 Å². The SMILES string of the molecule is C[C@@H](NCc1cccc(/C(N)=N/O)c1F)c1ccco1. The number of furan rings is 1. The first-order chi connectivity index (χ1) is 9.63. The van der Waals surface area contributed by atoms with Crippen molar-refractivity contribution in [1.82, 2.24) is 5.32 Å². The molecule has 0 aliphatic carbocycles. The van der Waals surface area contributed by atoms with E-state index in [0.29, 0.717) is 12.1 Å². The van der Waals surface area contributed by atoms with E-state index in [1.165, 1.54) is 6.07 Å². The Morgan fingerprint density at radius 2 is 2.25 bits per heavy atom. The van der Waals surface area contributed by atoms with E-state index < -0.39 is 5.82 Å². The van der Waals surface area contributed by atoms with Gasteiger partial charge in [0.1, 0.15) is 11.6 Å². The third kappa shape index (κ3) is 2.97. The van der Waals surface area contributed by atoms with E-state index in [0.717, 1.165) is 5.76 Å². The minimum atomic E-state index is -0.498. The molecule has 106 valence electrons. The summed E-state index contributed by atoms with van der Waals surface area (Å²) in [6.07, 6.45) is 1.59. The van der Waals surface area contributed by atoms with E-state index >= 15 is 0 Å². The number of halogens is 1. The molecule has 1 aromatic heterocycles. The van der Waals surface area contributed by atoms with E-state index in [9.17, 15) is 4.39 Å². The van der Waals surface area contributed by atoms with E-state index in [4.69, 9.17) is 15.4 Å². The maximum Gasteiger partial charge on any atom is 0.173 e. The summed E-state index contributed by atoms with van der Waals surface area (Å²) in [6, 6.07) is 8.37. The number of nitrogens with zero attached hydrogens (tertiary/aromatic N) is 1. The Balaban J connectivity index is 2.10. The van der Waals surface area contributed by atoms with Crippen LogP contribution in [0.5, 0.6) is 0 Å². The van der Waals surface area contributed by atoms with Crippen molar-refractivity contribution in [2.45, 2.75) is 19.5 Å². The molecule has 0 aliphatic rings. The molecule has 2 aromatic rings. The van der Waals surface area contributed by atoms with Gasteiger partial charge in [0.05, 0.1) is 17.9 Å². The smallest absolute Gasteiger partial charge is 0.173 e. The molecule has 0 spiro atoms. The van der Waals surface area contributed by atoms with Crippen LogP contribution < -0.4 is 11.1 Å². The highest BCUT2D eigenvalue weighted by Crippen LogP contribution is 2.16. The normalized spacial score (nSPS) is 13.4. The van der Waals surface area contributed by atoms with Gasteiger partial charge in [0.2, 0.25) is 0 Å². The fourth-order valence-corrected chi connectivity index (χ4v) is 1.87. The van der Waals surface area contributed by atoms with Gasteiger partial charge in [0.25, 0.3) is 0 Å². The van der Waals surface area contributed by atoms with Crippen molar-refractivity contribution >= 4 is 5.84 Å². The molecule has 1 aromatic carbocycles. The number of nitrogens with two attached hydrogens (primary N) is 1. The molecule has 0 aliphatic heterocycles. The van der Waals surface area contributed by atoms with Crippen LogP contribution in [0.1, 0.15) is 29.9 Å². The summed E-state index contributed by atoms with van der Waals surface area (Å²) in [5.74, 6) is 0.0309. The van der Waals surface area contributed by atoms with E-state index in [1.807, 2.05) is 13.0 Å². The molecule has 6 heteroatoms. The second-order valence-electron chi connectivity index (χ2n) is 4.38. The molecule has 2 rings (SSSR count). The van der Waals surface area contributed by atoms with Gasteiger partial charge in [-0.1, -0.05) is 17.3 Å². The van der Waals surface area contributed by atoms with Gasteiger partial charge in [0, 0.05) is 12.1 Å². The monoisotopic (exact) mass is 277 g/mol. The Bertz CT molecular complexity index is 596.